The van der Waals surface area contributed by atoms with Crippen molar-refractivity contribution in [2.75, 3.05) is 39.6 Å². The fourth-order valence-corrected chi connectivity index (χ4v) is 12.9. The second-order valence-electron chi connectivity index (χ2n) is 26.9. The standard InChI is InChI=1S/C74H144O17P2/c1-6-10-13-16-19-22-23-24-32-35-39-43-48-53-58-72(77)85-64-70(91-74(79)60-55-50-45-40-36-33-30-28-26-25-27-29-31-34-38-41-46-51-56-67(5)9-4)66-89-93(82,83)87-62-68(75)61-86-92(80,81)88-65-69(63-84-71(76)57-52-47-42-21-18-15-12-8-3)90-73(78)59-54-49-44-37-20-17-14-11-7-2/h67-70,75H,6-66H2,1-5H3,(H,80,81)(H,82,83)/t67?,68-,69+,70+/m0/s1. The number of carbonyl (C=O) groups excluding carboxylic acids is 4. The number of aliphatic hydroxyl groups is 1. The van der Waals surface area contributed by atoms with Gasteiger partial charge in [0, 0.05) is 25.7 Å². The third-order valence-electron chi connectivity index (χ3n) is 17.6. The Morgan fingerprint density at radius 2 is 0.516 bits per heavy atom. The van der Waals surface area contributed by atoms with E-state index >= 15 is 0 Å². The first-order valence-electron chi connectivity index (χ1n) is 38.7. The molecular weight excluding hydrogens is 1220 g/mol. The first kappa shape index (κ1) is 91.1. The normalized spacial score (nSPS) is 14.3. The maximum atomic E-state index is 13.1. The topological polar surface area (TPSA) is 237 Å². The quantitative estimate of drug-likeness (QED) is 0.0222. The molecule has 6 atom stereocenters. The van der Waals surface area contributed by atoms with Gasteiger partial charge in [0.15, 0.2) is 12.2 Å². The third kappa shape index (κ3) is 67.0. The molecule has 0 bridgehead atoms. The Hall–Kier alpha value is -1.94. The van der Waals surface area contributed by atoms with E-state index in [1.807, 2.05) is 0 Å². The predicted molar refractivity (Wildman–Crippen MR) is 377 cm³/mol. The molecule has 17 nitrogen and oxygen atoms in total. The van der Waals surface area contributed by atoms with E-state index in [1.165, 1.54) is 205 Å². The minimum absolute atomic E-state index is 0.106. The molecule has 0 radical (unpaired) electrons. The Morgan fingerprint density at radius 1 is 0.301 bits per heavy atom. The number of hydrogen-bond donors (Lipinski definition) is 3. The average molecular weight is 1370 g/mol. The Bertz CT molecular complexity index is 1790. The van der Waals surface area contributed by atoms with E-state index in [9.17, 15) is 43.2 Å². The molecule has 0 saturated heterocycles. The van der Waals surface area contributed by atoms with Crippen molar-refractivity contribution in [3.05, 3.63) is 0 Å². The van der Waals surface area contributed by atoms with Crippen molar-refractivity contribution in [3.63, 3.8) is 0 Å². The Morgan fingerprint density at radius 3 is 0.763 bits per heavy atom. The van der Waals surface area contributed by atoms with E-state index in [1.54, 1.807) is 0 Å². The minimum Gasteiger partial charge on any atom is -0.462 e. The van der Waals surface area contributed by atoms with Crippen molar-refractivity contribution in [1.29, 1.82) is 0 Å². The van der Waals surface area contributed by atoms with E-state index in [0.29, 0.717) is 25.7 Å². The first-order chi connectivity index (χ1) is 45.1. The molecule has 0 amide bonds. The van der Waals surface area contributed by atoms with Gasteiger partial charge < -0.3 is 33.8 Å². The van der Waals surface area contributed by atoms with Crippen LogP contribution in [-0.2, 0) is 65.4 Å². The third-order valence-corrected chi connectivity index (χ3v) is 19.5. The summed E-state index contributed by atoms with van der Waals surface area (Å²) in [5.41, 5.74) is 0. The first-order valence-corrected chi connectivity index (χ1v) is 41.7. The van der Waals surface area contributed by atoms with E-state index in [0.717, 1.165) is 102 Å². The van der Waals surface area contributed by atoms with E-state index in [4.69, 9.17) is 37.0 Å². The number of esters is 4. The number of ether oxygens (including phenoxy) is 4. The molecule has 0 aliphatic rings. The molecule has 19 heteroatoms. The molecule has 0 aromatic carbocycles. The molecule has 552 valence electrons. The van der Waals surface area contributed by atoms with Gasteiger partial charge in [-0.25, -0.2) is 9.13 Å². The van der Waals surface area contributed by atoms with Crippen LogP contribution in [0.1, 0.15) is 388 Å². The second kappa shape index (κ2) is 67.3. The van der Waals surface area contributed by atoms with Gasteiger partial charge in [-0.2, -0.15) is 0 Å². The van der Waals surface area contributed by atoms with E-state index < -0.39 is 97.5 Å². The van der Waals surface area contributed by atoms with Crippen molar-refractivity contribution in [2.24, 2.45) is 5.92 Å². The van der Waals surface area contributed by atoms with Gasteiger partial charge in [-0.1, -0.05) is 336 Å². The zero-order chi connectivity index (χ0) is 68.4. The van der Waals surface area contributed by atoms with Gasteiger partial charge in [0.2, 0.25) is 0 Å². The summed E-state index contributed by atoms with van der Waals surface area (Å²) < 4.78 is 68.3. The van der Waals surface area contributed by atoms with Gasteiger partial charge in [0.25, 0.3) is 0 Å². The zero-order valence-corrected chi connectivity index (χ0v) is 62.2. The highest BCUT2D eigenvalue weighted by Gasteiger charge is 2.30. The maximum absolute atomic E-state index is 13.1. The molecule has 0 aliphatic heterocycles. The Labute approximate surface area is 568 Å². The fraction of sp³-hybridized carbons (Fsp3) is 0.946. The van der Waals surface area contributed by atoms with E-state index in [2.05, 4.69) is 34.6 Å². The smallest absolute Gasteiger partial charge is 0.462 e. The highest BCUT2D eigenvalue weighted by Crippen LogP contribution is 2.45. The van der Waals surface area contributed by atoms with Gasteiger partial charge in [0.1, 0.15) is 19.3 Å². The molecule has 0 saturated carbocycles. The van der Waals surface area contributed by atoms with Gasteiger partial charge in [-0.15, -0.1) is 0 Å². The number of carbonyl (C=O) groups is 4. The van der Waals surface area contributed by atoms with Crippen LogP contribution in [-0.4, -0.2) is 96.7 Å². The van der Waals surface area contributed by atoms with Crippen molar-refractivity contribution in [2.45, 2.75) is 406 Å². The van der Waals surface area contributed by atoms with Crippen LogP contribution in [0.25, 0.3) is 0 Å². The molecule has 0 aliphatic carbocycles. The second-order valence-corrected chi connectivity index (χ2v) is 29.8. The monoisotopic (exact) mass is 1370 g/mol. The molecule has 0 spiro atoms. The average Bonchev–Trinajstić information content (AvgIpc) is 3.74. The summed E-state index contributed by atoms with van der Waals surface area (Å²) in [4.78, 5) is 72.5. The lowest BCUT2D eigenvalue weighted by Crippen LogP contribution is -2.30. The number of unbranched alkanes of at least 4 members (excludes halogenated alkanes) is 45. The zero-order valence-electron chi connectivity index (χ0n) is 60.4. The van der Waals surface area contributed by atoms with Crippen LogP contribution >= 0.6 is 15.6 Å². The van der Waals surface area contributed by atoms with Gasteiger partial charge in [0.05, 0.1) is 26.4 Å². The van der Waals surface area contributed by atoms with Crippen LogP contribution in [0.15, 0.2) is 0 Å². The van der Waals surface area contributed by atoms with Crippen molar-refractivity contribution < 1.29 is 80.2 Å². The summed E-state index contributed by atoms with van der Waals surface area (Å²) in [7, 11) is -9.90. The molecule has 0 heterocycles. The predicted octanol–water partition coefficient (Wildman–Crippen LogP) is 21.7. The molecule has 0 aromatic rings. The lowest BCUT2D eigenvalue weighted by molar-refractivity contribution is -0.161. The summed E-state index contributed by atoms with van der Waals surface area (Å²) in [6.07, 6.45) is 55.6. The molecule has 93 heavy (non-hydrogen) atoms. The molecule has 0 aromatic heterocycles. The van der Waals surface area contributed by atoms with Crippen LogP contribution in [0, 0.1) is 5.92 Å². The Balaban J connectivity index is 5.14. The summed E-state index contributed by atoms with van der Waals surface area (Å²) in [5, 5.41) is 10.6. The van der Waals surface area contributed by atoms with E-state index in [-0.39, 0.29) is 25.7 Å². The van der Waals surface area contributed by atoms with Crippen molar-refractivity contribution >= 4 is 39.5 Å². The van der Waals surface area contributed by atoms with Crippen LogP contribution in [0.3, 0.4) is 0 Å². The molecule has 3 unspecified atom stereocenters. The van der Waals surface area contributed by atoms with Crippen LogP contribution < -0.4 is 0 Å². The van der Waals surface area contributed by atoms with Gasteiger partial charge in [-0.05, 0) is 31.6 Å². The lowest BCUT2D eigenvalue weighted by Gasteiger charge is -2.21. The Kier molecular flexibility index (Phi) is 65.9. The van der Waals surface area contributed by atoms with Crippen molar-refractivity contribution in [1.82, 2.24) is 0 Å². The van der Waals surface area contributed by atoms with Gasteiger partial charge >= 0.3 is 39.5 Å². The number of phosphoric ester groups is 2. The highest BCUT2D eigenvalue weighted by molar-refractivity contribution is 7.47. The van der Waals surface area contributed by atoms with Crippen LogP contribution in [0.2, 0.25) is 0 Å². The molecular formula is C74H144O17P2. The SMILES string of the molecule is CCCCCCCCCCCCCCCCC(=O)OC[C@H](COP(=O)(O)OC[C@@H](O)COP(=O)(O)OC[C@@H](COC(=O)CCCCCCCCCC)OC(=O)CCCCCCCCCCC)OC(=O)CCCCCCCCCCCCCCCCCCCCC(C)CC. The molecule has 0 rings (SSSR count). The number of phosphoric acid groups is 2. The summed E-state index contributed by atoms with van der Waals surface area (Å²) in [6, 6.07) is 0. The number of rotatable bonds is 74. The maximum Gasteiger partial charge on any atom is 0.472 e. The minimum atomic E-state index is -4.95. The fourth-order valence-electron chi connectivity index (χ4n) is 11.3. The lowest BCUT2D eigenvalue weighted by atomic mass is 9.99. The summed E-state index contributed by atoms with van der Waals surface area (Å²) in [6.45, 7) is 7.30. The molecule has 0 fully saturated rings. The van der Waals surface area contributed by atoms with Crippen molar-refractivity contribution in [3.8, 4) is 0 Å². The summed E-state index contributed by atoms with van der Waals surface area (Å²) >= 11 is 0. The summed E-state index contributed by atoms with van der Waals surface area (Å²) in [5.74, 6) is -1.25. The largest absolute Gasteiger partial charge is 0.472 e. The van der Waals surface area contributed by atoms with Gasteiger partial charge in [-0.3, -0.25) is 37.3 Å². The highest BCUT2D eigenvalue weighted by atomic mass is 31.2. The molecule has 3 N–H and O–H groups in total. The van der Waals surface area contributed by atoms with Crippen LogP contribution in [0.5, 0.6) is 0 Å². The number of aliphatic hydroxyl groups excluding tert-OH is 1. The number of hydrogen-bond acceptors (Lipinski definition) is 15. The van der Waals surface area contributed by atoms with Crippen LogP contribution in [0.4, 0.5) is 0 Å².